The molecule has 0 spiro atoms. The Labute approximate surface area is 122 Å². The lowest BCUT2D eigenvalue weighted by molar-refractivity contribution is -0.137. The first-order valence-electron chi connectivity index (χ1n) is 5.98. The van der Waals surface area contributed by atoms with Gasteiger partial charge < -0.3 is 20.1 Å². The Bertz CT molecular complexity index is 505. The van der Waals surface area contributed by atoms with Crippen LogP contribution in [-0.4, -0.2) is 41.7 Å². The summed E-state index contributed by atoms with van der Waals surface area (Å²) in [5, 5.41) is 11.7. The number of amides is 2. The number of urea groups is 1. The van der Waals surface area contributed by atoms with Gasteiger partial charge in [0.15, 0.2) is 0 Å². The Morgan fingerprint density at radius 3 is 2.60 bits per heavy atom. The van der Waals surface area contributed by atoms with Crippen LogP contribution < -0.4 is 10.1 Å². The summed E-state index contributed by atoms with van der Waals surface area (Å²) in [7, 11) is 1.50. The number of carboxylic acid groups (broad SMARTS) is 1. The van der Waals surface area contributed by atoms with Crippen molar-refractivity contribution in [2.24, 2.45) is 0 Å². The maximum atomic E-state index is 12.1. The molecule has 0 aliphatic rings. The number of aliphatic carboxylic acids is 1. The largest absolute Gasteiger partial charge is 0.497 e. The number of halogens is 1. The second kappa shape index (κ2) is 7.00. The van der Waals surface area contributed by atoms with Crippen molar-refractivity contribution >= 4 is 29.3 Å². The third kappa shape index (κ3) is 4.31. The smallest absolute Gasteiger partial charge is 0.323 e. The fourth-order valence-corrected chi connectivity index (χ4v) is 1.71. The van der Waals surface area contributed by atoms with Gasteiger partial charge in [-0.1, -0.05) is 11.6 Å². The molecule has 2 amide bonds. The SMILES string of the molecule is COc1ccc(Cl)c(NC(=O)N(CC(=O)O)C(C)C)c1. The van der Waals surface area contributed by atoms with Crippen molar-refractivity contribution < 1.29 is 19.4 Å². The summed E-state index contributed by atoms with van der Waals surface area (Å²) < 4.78 is 5.05. The van der Waals surface area contributed by atoms with E-state index in [0.29, 0.717) is 16.5 Å². The number of nitrogens with one attached hydrogen (secondary N) is 1. The van der Waals surface area contributed by atoms with Crippen molar-refractivity contribution in [2.75, 3.05) is 19.0 Å². The van der Waals surface area contributed by atoms with E-state index in [2.05, 4.69) is 5.32 Å². The molecule has 1 rings (SSSR count). The minimum atomic E-state index is -1.08. The van der Waals surface area contributed by atoms with E-state index < -0.39 is 12.0 Å². The monoisotopic (exact) mass is 300 g/mol. The number of carboxylic acids is 1. The van der Waals surface area contributed by atoms with Gasteiger partial charge in [-0.25, -0.2) is 4.79 Å². The van der Waals surface area contributed by atoms with Crippen LogP contribution in [0.5, 0.6) is 5.75 Å². The second-order valence-corrected chi connectivity index (χ2v) is 4.80. The van der Waals surface area contributed by atoms with Gasteiger partial charge in [0.2, 0.25) is 0 Å². The molecule has 2 N–H and O–H groups in total. The highest BCUT2D eigenvalue weighted by atomic mass is 35.5. The molecule has 0 unspecified atom stereocenters. The summed E-state index contributed by atoms with van der Waals surface area (Å²) in [6.07, 6.45) is 0. The zero-order valence-corrected chi connectivity index (χ0v) is 12.3. The van der Waals surface area contributed by atoms with Crippen LogP contribution in [0, 0.1) is 0 Å². The van der Waals surface area contributed by atoms with Crippen LogP contribution in [0.25, 0.3) is 0 Å². The molecule has 0 heterocycles. The topological polar surface area (TPSA) is 78.9 Å². The third-order valence-electron chi connectivity index (χ3n) is 2.60. The highest BCUT2D eigenvalue weighted by Crippen LogP contribution is 2.27. The van der Waals surface area contributed by atoms with E-state index in [1.54, 1.807) is 32.0 Å². The molecule has 0 aliphatic carbocycles. The summed E-state index contributed by atoms with van der Waals surface area (Å²) >= 11 is 5.98. The first-order chi connectivity index (χ1) is 9.35. The number of rotatable bonds is 5. The normalized spacial score (nSPS) is 10.2. The first-order valence-corrected chi connectivity index (χ1v) is 6.36. The summed E-state index contributed by atoms with van der Waals surface area (Å²) in [4.78, 5) is 24.1. The van der Waals surface area contributed by atoms with E-state index >= 15 is 0 Å². The van der Waals surface area contributed by atoms with Crippen molar-refractivity contribution in [1.82, 2.24) is 4.90 Å². The average Bonchev–Trinajstić information content (AvgIpc) is 2.37. The van der Waals surface area contributed by atoms with Gasteiger partial charge in [0.05, 0.1) is 17.8 Å². The van der Waals surface area contributed by atoms with Gasteiger partial charge in [-0.15, -0.1) is 0 Å². The number of anilines is 1. The van der Waals surface area contributed by atoms with E-state index in [0.717, 1.165) is 0 Å². The summed E-state index contributed by atoms with van der Waals surface area (Å²) in [5.74, 6) is -0.537. The molecule has 110 valence electrons. The lowest BCUT2D eigenvalue weighted by Gasteiger charge is -2.25. The average molecular weight is 301 g/mol. The molecule has 0 fully saturated rings. The predicted octanol–water partition coefficient (Wildman–Crippen LogP) is 2.68. The molecule has 0 atom stereocenters. The summed E-state index contributed by atoms with van der Waals surface area (Å²) in [6, 6.07) is 4.04. The Kier molecular flexibility index (Phi) is 5.64. The van der Waals surface area contributed by atoms with Crippen LogP contribution in [0.1, 0.15) is 13.8 Å². The van der Waals surface area contributed by atoms with Crippen molar-refractivity contribution in [3.05, 3.63) is 23.2 Å². The van der Waals surface area contributed by atoms with Gasteiger partial charge in [0, 0.05) is 12.1 Å². The van der Waals surface area contributed by atoms with Gasteiger partial charge in [0.1, 0.15) is 12.3 Å². The second-order valence-electron chi connectivity index (χ2n) is 4.39. The van der Waals surface area contributed by atoms with E-state index in [4.69, 9.17) is 21.4 Å². The quantitative estimate of drug-likeness (QED) is 0.876. The number of benzene rings is 1. The van der Waals surface area contributed by atoms with E-state index in [-0.39, 0.29) is 12.6 Å². The van der Waals surface area contributed by atoms with Crippen LogP contribution >= 0.6 is 11.6 Å². The van der Waals surface area contributed by atoms with E-state index in [1.165, 1.54) is 12.0 Å². The molecule has 1 aromatic carbocycles. The lowest BCUT2D eigenvalue weighted by Crippen LogP contribution is -2.43. The highest BCUT2D eigenvalue weighted by Gasteiger charge is 2.20. The number of methoxy groups -OCH3 is 1. The zero-order valence-electron chi connectivity index (χ0n) is 11.5. The molecule has 1 aromatic rings. The van der Waals surface area contributed by atoms with Crippen molar-refractivity contribution in [2.45, 2.75) is 19.9 Å². The molecule has 0 aromatic heterocycles. The van der Waals surface area contributed by atoms with E-state index in [1.807, 2.05) is 0 Å². The molecular formula is C13H17ClN2O4. The van der Waals surface area contributed by atoms with Crippen LogP contribution in [0.2, 0.25) is 5.02 Å². The standard InChI is InChI=1S/C13H17ClN2O4/c1-8(2)16(7-12(17)18)13(19)15-11-6-9(20-3)4-5-10(11)14/h4-6,8H,7H2,1-3H3,(H,15,19)(H,17,18). The fraction of sp³-hybridized carbons (Fsp3) is 0.385. The predicted molar refractivity (Wildman–Crippen MR) is 76.5 cm³/mol. The number of nitrogens with zero attached hydrogens (tertiary/aromatic N) is 1. The van der Waals surface area contributed by atoms with Crippen molar-refractivity contribution in [3.63, 3.8) is 0 Å². The molecule has 0 aliphatic heterocycles. The fourth-order valence-electron chi connectivity index (χ4n) is 1.55. The Morgan fingerprint density at radius 2 is 2.10 bits per heavy atom. The number of hydrogen-bond acceptors (Lipinski definition) is 3. The third-order valence-corrected chi connectivity index (χ3v) is 2.93. The van der Waals surface area contributed by atoms with Gasteiger partial charge in [0.25, 0.3) is 0 Å². The molecule has 0 saturated heterocycles. The minimum Gasteiger partial charge on any atom is -0.497 e. The highest BCUT2D eigenvalue weighted by molar-refractivity contribution is 6.33. The van der Waals surface area contributed by atoms with Crippen LogP contribution in [-0.2, 0) is 4.79 Å². The van der Waals surface area contributed by atoms with Crippen LogP contribution in [0.3, 0.4) is 0 Å². The molecule has 6 nitrogen and oxygen atoms in total. The summed E-state index contributed by atoms with van der Waals surface area (Å²) in [5.41, 5.74) is 0.368. The van der Waals surface area contributed by atoms with Gasteiger partial charge in [-0.05, 0) is 26.0 Å². The number of carbonyl (C=O) groups excluding carboxylic acids is 1. The lowest BCUT2D eigenvalue weighted by atomic mass is 10.3. The maximum absolute atomic E-state index is 12.1. The molecular weight excluding hydrogens is 284 g/mol. The molecule has 0 saturated carbocycles. The molecule has 20 heavy (non-hydrogen) atoms. The number of hydrogen-bond donors (Lipinski definition) is 2. The number of carbonyl (C=O) groups is 2. The van der Waals surface area contributed by atoms with Crippen LogP contribution in [0.15, 0.2) is 18.2 Å². The van der Waals surface area contributed by atoms with Gasteiger partial charge in [-0.3, -0.25) is 4.79 Å². The molecule has 7 heteroatoms. The van der Waals surface area contributed by atoms with Gasteiger partial charge >= 0.3 is 12.0 Å². The Morgan fingerprint density at radius 1 is 1.45 bits per heavy atom. The maximum Gasteiger partial charge on any atom is 0.323 e. The molecule has 0 radical (unpaired) electrons. The van der Waals surface area contributed by atoms with Crippen molar-refractivity contribution in [1.29, 1.82) is 0 Å². The minimum absolute atomic E-state index is 0.254. The van der Waals surface area contributed by atoms with Crippen LogP contribution in [0.4, 0.5) is 10.5 Å². The Balaban J connectivity index is 2.90. The van der Waals surface area contributed by atoms with Gasteiger partial charge in [-0.2, -0.15) is 0 Å². The van der Waals surface area contributed by atoms with E-state index in [9.17, 15) is 9.59 Å². The summed E-state index contributed by atoms with van der Waals surface area (Å²) in [6.45, 7) is 3.08. The molecule has 0 bridgehead atoms. The Hall–Kier alpha value is -1.95. The number of ether oxygens (including phenoxy) is 1. The van der Waals surface area contributed by atoms with Crippen molar-refractivity contribution in [3.8, 4) is 5.75 Å². The zero-order chi connectivity index (χ0) is 15.3. The first kappa shape index (κ1) is 16.1.